The highest BCUT2D eigenvalue weighted by molar-refractivity contribution is 9.11. The van der Waals surface area contributed by atoms with Crippen LogP contribution in [0.3, 0.4) is 0 Å². The second kappa shape index (κ2) is 4.87. The van der Waals surface area contributed by atoms with Gasteiger partial charge in [0.2, 0.25) is 0 Å². The number of hydrogen-bond acceptors (Lipinski definition) is 4. The summed E-state index contributed by atoms with van der Waals surface area (Å²) in [5.41, 5.74) is 0.684. The first-order chi connectivity index (χ1) is 7.25. The van der Waals surface area contributed by atoms with E-state index in [2.05, 4.69) is 26.2 Å². The molecular formula is C9H7BrN2OS2. The molecule has 15 heavy (non-hydrogen) atoms. The smallest absolute Gasteiger partial charge is 0.252 e. The molecule has 0 fully saturated rings. The number of amides is 1. The van der Waals surface area contributed by atoms with Crippen molar-refractivity contribution < 1.29 is 4.79 Å². The minimum Gasteiger partial charge on any atom is -0.345 e. The number of carbonyl (C=O) groups excluding carboxylic acids is 1. The maximum absolute atomic E-state index is 11.6. The molecule has 0 unspecified atom stereocenters. The predicted octanol–water partition coefficient (Wildman–Crippen LogP) is 2.90. The summed E-state index contributed by atoms with van der Waals surface area (Å²) >= 11 is 6.35. The minimum atomic E-state index is -0.0628. The number of hydrogen-bond donors (Lipinski definition) is 1. The Morgan fingerprint density at radius 2 is 2.40 bits per heavy atom. The van der Waals surface area contributed by atoms with Crippen LogP contribution in [0.5, 0.6) is 0 Å². The number of aromatic nitrogens is 1. The highest BCUT2D eigenvalue weighted by Gasteiger charge is 2.07. The van der Waals surface area contributed by atoms with E-state index in [0.717, 1.165) is 8.79 Å². The molecule has 2 rings (SSSR count). The van der Waals surface area contributed by atoms with Crippen molar-refractivity contribution in [3.05, 3.63) is 37.4 Å². The first-order valence-electron chi connectivity index (χ1n) is 4.16. The van der Waals surface area contributed by atoms with Crippen molar-refractivity contribution in [2.45, 2.75) is 6.54 Å². The van der Waals surface area contributed by atoms with Gasteiger partial charge in [-0.05, 0) is 22.0 Å². The second-order valence-electron chi connectivity index (χ2n) is 2.75. The summed E-state index contributed by atoms with van der Waals surface area (Å²) in [6.45, 7) is 0.490. The molecule has 0 aliphatic carbocycles. The summed E-state index contributed by atoms with van der Waals surface area (Å²) in [7, 11) is 0. The van der Waals surface area contributed by atoms with Gasteiger partial charge in [0.05, 0.1) is 15.9 Å². The summed E-state index contributed by atoms with van der Waals surface area (Å²) in [6, 6.07) is 1.81. The largest absolute Gasteiger partial charge is 0.345 e. The van der Waals surface area contributed by atoms with E-state index in [1.807, 2.05) is 16.8 Å². The van der Waals surface area contributed by atoms with E-state index >= 15 is 0 Å². The summed E-state index contributed by atoms with van der Waals surface area (Å²) in [4.78, 5) is 15.7. The van der Waals surface area contributed by atoms with Gasteiger partial charge in [-0.1, -0.05) is 0 Å². The lowest BCUT2D eigenvalue weighted by molar-refractivity contribution is 0.0951. The van der Waals surface area contributed by atoms with Gasteiger partial charge in [0.25, 0.3) is 5.91 Å². The Labute approximate surface area is 103 Å². The van der Waals surface area contributed by atoms with Gasteiger partial charge in [-0.25, -0.2) is 4.98 Å². The molecule has 0 saturated carbocycles. The van der Waals surface area contributed by atoms with Crippen LogP contribution in [0.15, 0.2) is 26.8 Å². The summed E-state index contributed by atoms with van der Waals surface area (Å²) in [5.74, 6) is -0.0628. The first-order valence-corrected chi connectivity index (χ1v) is 6.71. The molecule has 0 bridgehead atoms. The standard InChI is InChI=1S/C9H7BrN2OS2/c10-7-3-6(5-15-7)9(13)12-4-8-11-1-2-14-8/h1-3,5H,4H2,(H,12,13). The Balaban J connectivity index is 1.93. The topological polar surface area (TPSA) is 42.0 Å². The average molecular weight is 303 g/mol. The molecule has 6 heteroatoms. The van der Waals surface area contributed by atoms with Gasteiger partial charge < -0.3 is 5.32 Å². The number of nitrogens with one attached hydrogen (secondary N) is 1. The monoisotopic (exact) mass is 302 g/mol. The van der Waals surface area contributed by atoms with E-state index in [4.69, 9.17) is 0 Å². The zero-order valence-corrected chi connectivity index (χ0v) is 10.8. The molecule has 0 spiro atoms. The van der Waals surface area contributed by atoms with Crippen LogP contribution in [0, 0.1) is 0 Å². The molecule has 0 aliphatic rings. The minimum absolute atomic E-state index is 0.0628. The van der Waals surface area contributed by atoms with E-state index in [9.17, 15) is 4.79 Å². The molecule has 0 radical (unpaired) electrons. The fourth-order valence-electron chi connectivity index (χ4n) is 1.03. The maximum Gasteiger partial charge on any atom is 0.252 e. The van der Waals surface area contributed by atoms with Gasteiger partial charge >= 0.3 is 0 Å². The molecule has 1 amide bonds. The van der Waals surface area contributed by atoms with Crippen LogP contribution < -0.4 is 5.32 Å². The van der Waals surface area contributed by atoms with Crippen LogP contribution in [0.4, 0.5) is 0 Å². The van der Waals surface area contributed by atoms with Crippen LogP contribution in [-0.4, -0.2) is 10.9 Å². The molecule has 2 heterocycles. The van der Waals surface area contributed by atoms with Gasteiger partial charge in [-0.15, -0.1) is 22.7 Å². The summed E-state index contributed by atoms with van der Waals surface area (Å²) in [6.07, 6.45) is 1.73. The van der Waals surface area contributed by atoms with Crippen molar-refractivity contribution in [2.75, 3.05) is 0 Å². The normalized spacial score (nSPS) is 10.2. The number of rotatable bonds is 3. The Hall–Kier alpha value is -0.720. The highest BCUT2D eigenvalue weighted by Crippen LogP contribution is 2.20. The van der Waals surface area contributed by atoms with Crippen molar-refractivity contribution in [1.82, 2.24) is 10.3 Å². The van der Waals surface area contributed by atoms with Crippen LogP contribution in [-0.2, 0) is 6.54 Å². The van der Waals surface area contributed by atoms with Crippen LogP contribution in [0.2, 0.25) is 0 Å². The lowest BCUT2D eigenvalue weighted by atomic mass is 10.3. The third kappa shape index (κ3) is 2.87. The molecule has 0 atom stereocenters. The molecule has 78 valence electrons. The van der Waals surface area contributed by atoms with E-state index < -0.39 is 0 Å². The zero-order chi connectivity index (χ0) is 10.7. The van der Waals surface area contributed by atoms with E-state index in [1.54, 1.807) is 6.20 Å². The van der Waals surface area contributed by atoms with Crippen LogP contribution >= 0.6 is 38.6 Å². The Morgan fingerprint density at radius 1 is 1.53 bits per heavy atom. The van der Waals surface area contributed by atoms with Gasteiger partial charge in [0, 0.05) is 17.0 Å². The van der Waals surface area contributed by atoms with Gasteiger partial charge in [-0.2, -0.15) is 0 Å². The summed E-state index contributed by atoms with van der Waals surface area (Å²) in [5, 5.41) is 7.44. The van der Waals surface area contributed by atoms with Crippen molar-refractivity contribution >= 4 is 44.5 Å². The number of carbonyl (C=O) groups is 1. The van der Waals surface area contributed by atoms with E-state index in [1.165, 1.54) is 22.7 Å². The third-order valence-electron chi connectivity index (χ3n) is 1.71. The quantitative estimate of drug-likeness (QED) is 0.947. The number of thiazole rings is 1. The van der Waals surface area contributed by atoms with Crippen molar-refractivity contribution in [1.29, 1.82) is 0 Å². The van der Waals surface area contributed by atoms with Gasteiger partial charge in [0.1, 0.15) is 5.01 Å². The van der Waals surface area contributed by atoms with Crippen molar-refractivity contribution in [3.8, 4) is 0 Å². The van der Waals surface area contributed by atoms with E-state index in [-0.39, 0.29) is 5.91 Å². The molecular weight excluding hydrogens is 296 g/mol. The Morgan fingerprint density at radius 3 is 3.00 bits per heavy atom. The SMILES string of the molecule is O=C(NCc1nccs1)c1csc(Br)c1. The van der Waals surface area contributed by atoms with Crippen LogP contribution in [0.25, 0.3) is 0 Å². The maximum atomic E-state index is 11.6. The van der Waals surface area contributed by atoms with Gasteiger partial charge in [-0.3, -0.25) is 4.79 Å². The van der Waals surface area contributed by atoms with Gasteiger partial charge in [0.15, 0.2) is 0 Å². The highest BCUT2D eigenvalue weighted by atomic mass is 79.9. The fourth-order valence-corrected chi connectivity index (χ4v) is 2.72. The molecule has 2 aromatic rings. The average Bonchev–Trinajstić information content (AvgIpc) is 2.84. The Bertz CT molecular complexity index is 452. The third-order valence-corrected chi connectivity index (χ3v) is 4.00. The van der Waals surface area contributed by atoms with Crippen molar-refractivity contribution in [3.63, 3.8) is 0 Å². The lowest BCUT2D eigenvalue weighted by Crippen LogP contribution is -2.22. The molecule has 0 aliphatic heterocycles. The second-order valence-corrected chi connectivity index (χ2v) is 6.02. The number of nitrogens with zero attached hydrogens (tertiary/aromatic N) is 1. The first kappa shape index (κ1) is 10.8. The molecule has 0 saturated heterocycles. The molecule has 1 N–H and O–H groups in total. The van der Waals surface area contributed by atoms with E-state index in [0.29, 0.717) is 12.1 Å². The molecule has 3 nitrogen and oxygen atoms in total. The number of halogens is 1. The predicted molar refractivity (Wildman–Crippen MR) is 65.3 cm³/mol. The molecule has 0 aromatic carbocycles. The van der Waals surface area contributed by atoms with Crippen molar-refractivity contribution in [2.24, 2.45) is 0 Å². The summed E-state index contributed by atoms with van der Waals surface area (Å²) < 4.78 is 0.960. The lowest BCUT2D eigenvalue weighted by Gasteiger charge is -1.99. The molecule has 2 aromatic heterocycles. The zero-order valence-electron chi connectivity index (χ0n) is 7.57. The fraction of sp³-hybridized carbons (Fsp3) is 0.111. The Kier molecular flexibility index (Phi) is 3.50. The van der Waals surface area contributed by atoms with Crippen LogP contribution in [0.1, 0.15) is 15.4 Å². The number of thiophene rings is 1.